The highest BCUT2D eigenvalue weighted by molar-refractivity contribution is 5.82. The summed E-state index contributed by atoms with van der Waals surface area (Å²) in [5.41, 5.74) is 1.41. The van der Waals surface area contributed by atoms with Crippen LogP contribution < -0.4 is 0 Å². The number of ketones is 1. The van der Waals surface area contributed by atoms with Crippen LogP contribution in [0.3, 0.4) is 0 Å². The van der Waals surface area contributed by atoms with E-state index in [4.69, 9.17) is 0 Å². The predicted molar refractivity (Wildman–Crippen MR) is 70.1 cm³/mol. The van der Waals surface area contributed by atoms with Crippen LogP contribution in [0.25, 0.3) is 0 Å². The zero-order chi connectivity index (χ0) is 12.3. The third kappa shape index (κ3) is 3.16. The Labute approximate surface area is 104 Å². The maximum atomic E-state index is 11.7. The fourth-order valence-electron chi connectivity index (χ4n) is 2.38. The van der Waals surface area contributed by atoms with E-state index < -0.39 is 0 Å². The minimum absolute atomic E-state index is 0.158. The first-order valence-corrected chi connectivity index (χ1v) is 6.47. The molecule has 1 aliphatic rings. The largest absolute Gasteiger partial charge is 0.298 e. The summed E-state index contributed by atoms with van der Waals surface area (Å²) < 4.78 is 0. The Morgan fingerprint density at radius 3 is 2.71 bits per heavy atom. The first-order chi connectivity index (χ1) is 8.16. The van der Waals surface area contributed by atoms with Crippen molar-refractivity contribution in [1.29, 1.82) is 0 Å². The lowest BCUT2D eigenvalue weighted by atomic mass is 9.99. The Bertz CT molecular complexity index is 372. The summed E-state index contributed by atoms with van der Waals surface area (Å²) in [6.07, 6.45) is 1.18. The lowest BCUT2D eigenvalue weighted by molar-refractivity contribution is -0.122. The Hall–Kier alpha value is -1.15. The van der Waals surface area contributed by atoms with Crippen molar-refractivity contribution in [2.75, 3.05) is 19.6 Å². The number of nitrogens with zero attached hydrogens (tertiary/aromatic N) is 1. The van der Waals surface area contributed by atoms with Crippen LogP contribution in [0, 0.1) is 5.92 Å². The average molecular weight is 231 g/mol. The summed E-state index contributed by atoms with van der Waals surface area (Å²) in [7, 11) is 0. The van der Waals surface area contributed by atoms with E-state index in [2.05, 4.69) is 35.2 Å². The molecule has 1 atom stereocenters. The number of Topliss-reactive ketones (excluding diaryl/α,β-unsaturated/α-hetero) is 1. The molecule has 2 nitrogen and oxygen atoms in total. The molecule has 0 saturated carbocycles. The second-order valence-electron chi connectivity index (χ2n) is 5.25. The number of likely N-dealkylation sites (tertiary alicyclic amines) is 1. The number of carbonyl (C=O) groups is 1. The van der Waals surface area contributed by atoms with E-state index in [1.54, 1.807) is 0 Å². The highest BCUT2D eigenvalue weighted by Gasteiger charge is 2.25. The molecule has 92 valence electrons. The molecule has 0 radical (unpaired) electrons. The normalized spacial score (nSPS) is 21.0. The maximum Gasteiger partial charge on any atom is 0.149 e. The highest BCUT2D eigenvalue weighted by Crippen LogP contribution is 2.26. The SMILES string of the molecule is CC(C)C(=O)CN1CCC(c2ccccc2)C1. The van der Waals surface area contributed by atoms with Crippen LogP contribution >= 0.6 is 0 Å². The molecule has 0 aliphatic carbocycles. The summed E-state index contributed by atoms with van der Waals surface area (Å²) in [4.78, 5) is 14.0. The summed E-state index contributed by atoms with van der Waals surface area (Å²) in [5, 5.41) is 0. The van der Waals surface area contributed by atoms with E-state index in [9.17, 15) is 4.79 Å². The topological polar surface area (TPSA) is 20.3 Å². The van der Waals surface area contributed by atoms with Crippen molar-refractivity contribution in [2.45, 2.75) is 26.2 Å². The van der Waals surface area contributed by atoms with Crippen molar-refractivity contribution >= 4 is 5.78 Å². The van der Waals surface area contributed by atoms with E-state index in [0.717, 1.165) is 13.1 Å². The highest BCUT2D eigenvalue weighted by atomic mass is 16.1. The number of rotatable bonds is 4. The van der Waals surface area contributed by atoms with Crippen LogP contribution in [0.2, 0.25) is 0 Å². The maximum absolute atomic E-state index is 11.7. The average Bonchev–Trinajstić information content (AvgIpc) is 2.78. The second-order valence-corrected chi connectivity index (χ2v) is 5.25. The monoisotopic (exact) mass is 231 g/mol. The zero-order valence-electron chi connectivity index (χ0n) is 10.7. The molecule has 0 bridgehead atoms. The van der Waals surface area contributed by atoms with E-state index in [1.165, 1.54) is 12.0 Å². The Balaban J connectivity index is 1.90. The second kappa shape index (κ2) is 5.46. The van der Waals surface area contributed by atoms with Gasteiger partial charge in [0.25, 0.3) is 0 Å². The Morgan fingerprint density at radius 1 is 1.35 bits per heavy atom. The van der Waals surface area contributed by atoms with Crippen LogP contribution in [-0.2, 0) is 4.79 Å². The van der Waals surface area contributed by atoms with Crippen molar-refractivity contribution in [3.05, 3.63) is 35.9 Å². The Kier molecular flexibility index (Phi) is 3.95. The van der Waals surface area contributed by atoms with Gasteiger partial charge in [0.05, 0.1) is 6.54 Å². The van der Waals surface area contributed by atoms with Gasteiger partial charge in [0.2, 0.25) is 0 Å². The summed E-state index contributed by atoms with van der Waals surface area (Å²) in [6.45, 7) is 6.67. The van der Waals surface area contributed by atoms with Gasteiger partial charge >= 0.3 is 0 Å². The van der Waals surface area contributed by atoms with Crippen molar-refractivity contribution in [1.82, 2.24) is 4.90 Å². The molecule has 1 unspecified atom stereocenters. The molecular formula is C15H21NO. The fraction of sp³-hybridized carbons (Fsp3) is 0.533. The third-order valence-corrected chi connectivity index (χ3v) is 3.57. The molecule has 1 aromatic carbocycles. The molecule has 1 aliphatic heterocycles. The van der Waals surface area contributed by atoms with E-state index in [1.807, 2.05) is 13.8 Å². The molecule has 0 amide bonds. The predicted octanol–water partition coefficient (Wildman–Crippen LogP) is 2.70. The molecule has 1 fully saturated rings. The van der Waals surface area contributed by atoms with Gasteiger partial charge in [0.15, 0.2) is 0 Å². The van der Waals surface area contributed by atoms with Gasteiger partial charge in [-0.05, 0) is 24.4 Å². The van der Waals surface area contributed by atoms with Gasteiger partial charge in [-0.3, -0.25) is 9.69 Å². The van der Waals surface area contributed by atoms with Gasteiger partial charge in [-0.1, -0.05) is 44.2 Å². The van der Waals surface area contributed by atoms with Crippen LogP contribution in [0.5, 0.6) is 0 Å². The van der Waals surface area contributed by atoms with Gasteiger partial charge in [-0.15, -0.1) is 0 Å². The standard InChI is InChI=1S/C15H21NO/c1-12(2)15(17)11-16-9-8-14(10-16)13-6-4-3-5-7-13/h3-7,12,14H,8-11H2,1-2H3. The minimum atomic E-state index is 0.158. The van der Waals surface area contributed by atoms with E-state index in [0.29, 0.717) is 18.2 Å². The van der Waals surface area contributed by atoms with Crippen LogP contribution in [0.4, 0.5) is 0 Å². The molecule has 1 aromatic rings. The third-order valence-electron chi connectivity index (χ3n) is 3.57. The van der Waals surface area contributed by atoms with Gasteiger partial charge < -0.3 is 0 Å². The van der Waals surface area contributed by atoms with Gasteiger partial charge in [-0.2, -0.15) is 0 Å². The molecule has 17 heavy (non-hydrogen) atoms. The van der Waals surface area contributed by atoms with Gasteiger partial charge in [-0.25, -0.2) is 0 Å². The van der Waals surface area contributed by atoms with Gasteiger partial charge in [0, 0.05) is 12.5 Å². The van der Waals surface area contributed by atoms with Crippen molar-refractivity contribution in [3.8, 4) is 0 Å². The molecule has 1 heterocycles. The summed E-state index contributed by atoms with van der Waals surface area (Å²) in [6, 6.07) is 10.6. The van der Waals surface area contributed by atoms with Crippen molar-refractivity contribution < 1.29 is 4.79 Å². The molecule has 2 rings (SSSR count). The van der Waals surface area contributed by atoms with Crippen LogP contribution in [0.15, 0.2) is 30.3 Å². The van der Waals surface area contributed by atoms with Crippen molar-refractivity contribution in [2.24, 2.45) is 5.92 Å². The van der Waals surface area contributed by atoms with E-state index >= 15 is 0 Å². The van der Waals surface area contributed by atoms with Crippen LogP contribution in [-0.4, -0.2) is 30.3 Å². The number of hydrogen-bond acceptors (Lipinski definition) is 2. The summed E-state index contributed by atoms with van der Waals surface area (Å²) in [5.74, 6) is 1.13. The number of carbonyl (C=O) groups excluding carboxylic acids is 1. The number of benzene rings is 1. The summed E-state index contributed by atoms with van der Waals surface area (Å²) >= 11 is 0. The first-order valence-electron chi connectivity index (χ1n) is 6.47. The number of hydrogen-bond donors (Lipinski definition) is 0. The quantitative estimate of drug-likeness (QED) is 0.794. The first kappa shape index (κ1) is 12.3. The molecule has 0 N–H and O–H groups in total. The minimum Gasteiger partial charge on any atom is -0.298 e. The van der Waals surface area contributed by atoms with Gasteiger partial charge in [0.1, 0.15) is 5.78 Å². The zero-order valence-corrected chi connectivity index (χ0v) is 10.7. The molecule has 0 aromatic heterocycles. The fourth-order valence-corrected chi connectivity index (χ4v) is 2.38. The lowest BCUT2D eigenvalue weighted by Gasteiger charge is -2.16. The van der Waals surface area contributed by atoms with E-state index in [-0.39, 0.29) is 5.92 Å². The lowest BCUT2D eigenvalue weighted by Crippen LogP contribution is -2.29. The molecule has 0 spiro atoms. The Morgan fingerprint density at radius 2 is 2.06 bits per heavy atom. The molecule has 2 heteroatoms. The molecule has 1 saturated heterocycles. The van der Waals surface area contributed by atoms with Crippen LogP contribution in [0.1, 0.15) is 31.7 Å². The molecular weight excluding hydrogens is 210 g/mol. The van der Waals surface area contributed by atoms with Crippen molar-refractivity contribution in [3.63, 3.8) is 0 Å². The smallest absolute Gasteiger partial charge is 0.149 e.